The van der Waals surface area contributed by atoms with Crippen LogP contribution in [0, 0.1) is 20.8 Å². The number of rotatable bonds is 4. The van der Waals surface area contributed by atoms with Gasteiger partial charge in [0.05, 0.1) is 0 Å². The SMILES string of the molecule is CCN(CC)C(=O)n1cnc(Sc2c(C)cc(C)cc2C)n1. The monoisotopic (exact) mass is 318 g/mol. The number of carbonyl (C=O) groups excluding carboxylic acids is 1. The zero-order chi connectivity index (χ0) is 16.3. The van der Waals surface area contributed by atoms with Crippen molar-refractivity contribution in [2.24, 2.45) is 0 Å². The van der Waals surface area contributed by atoms with Crippen LogP contribution in [0.2, 0.25) is 0 Å². The fraction of sp³-hybridized carbons (Fsp3) is 0.438. The molecule has 0 saturated carbocycles. The number of aryl methyl sites for hydroxylation is 3. The molecule has 0 aliphatic rings. The zero-order valence-corrected chi connectivity index (χ0v) is 14.6. The van der Waals surface area contributed by atoms with Crippen molar-refractivity contribution in [3.05, 3.63) is 35.2 Å². The number of amides is 1. The third kappa shape index (κ3) is 3.50. The third-order valence-electron chi connectivity index (χ3n) is 3.50. The summed E-state index contributed by atoms with van der Waals surface area (Å²) in [6, 6.07) is 4.16. The van der Waals surface area contributed by atoms with Gasteiger partial charge in [-0.05, 0) is 57.5 Å². The van der Waals surface area contributed by atoms with E-state index in [0.29, 0.717) is 18.2 Å². The molecule has 6 heteroatoms. The van der Waals surface area contributed by atoms with Gasteiger partial charge in [0.15, 0.2) is 0 Å². The van der Waals surface area contributed by atoms with Crippen LogP contribution >= 0.6 is 11.8 Å². The lowest BCUT2D eigenvalue weighted by Gasteiger charge is -2.17. The van der Waals surface area contributed by atoms with Gasteiger partial charge in [0.25, 0.3) is 0 Å². The fourth-order valence-electron chi connectivity index (χ4n) is 2.44. The average molecular weight is 318 g/mol. The summed E-state index contributed by atoms with van der Waals surface area (Å²) in [5.41, 5.74) is 3.65. The van der Waals surface area contributed by atoms with Crippen LogP contribution in [0.1, 0.15) is 30.5 Å². The van der Waals surface area contributed by atoms with Crippen LogP contribution in [-0.2, 0) is 0 Å². The summed E-state index contributed by atoms with van der Waals surface area (Å²) >= 11 is 1.50. The van der Waals surface area contributed by atoms with Gasteiger partial charge in [-0.15, -0.1) is 5.10 Å². The van der Waals surface area contributed by atoms with Gasteiger partial charge in [0, 0.05) is 18.0 Å². The first kappa shape index (κ1) is 16.5. The van der Waals surface area contributed by atoms with Gasteiger partial charge in [-0.2, -0.15) is 4.68 Å². The van der Waals surface area contributed by atoms with Crippen LogP contribution in [-0.4, -0.2) is 38.8 Å². The molecule has 0 spiro atoms. The van der Waals surface area contributed by atoms with E-state index < -0.39 is 0 Å². The second-order valence-corrected chi connectivity index (χ2v) is 6.23. The molecule has 0 aliphatic heterocycles. The van der Waals surface area contributed by atoms with Crippen molar-refractivity contribution in [2.75, 3.05) is 13.1 Å². The Kier molecular flexibility index (Phi) is 5.24. The van der Waals surface area contributed by atoms with Crippen LogP contribution in [0.3, 0.4) is 0 Å². The van der Waals surface area contributed by atoms with Gasteiger partial charge in [0.2, 0.25) is 5.16 Å². The van der Waals surface area contributed by atoms with Gasteiger partial charge in [0.1, 0.15) is 6.33 Å². The zero-order valence-electron chi connectivity index (χ0n) is 13.8. The van der Waals surface area contributed by atoms with E-state index in [0.717, 1.165) is 4.90 Å². The van der Waals surface area contributed by atoms with Gasteiger partial charge in [-0.1, -0.05) is 17.7 Å². The first-order chi connectivity index (χ1) is 10.5. The maximum atomic E-state index is 12.2. The molecule has 0 aliphatic carbocycles. The number of hydrogen-bond acceptors (Lipinski definition) is 4. The van der Waals surface area contributed by atoms with Gasteiger partial charge < -0.3 is 4.90 Å². The Morgan fingerprint density at radius 2 is 1.77 bits per heavy atom. The van der Waals surface area contributed by atoms with Crippen molar-refractivity contribution in [3.63, 3.8) is 0 Å². The third-order valence-corrected chi connectivity index (χ3v) is 4.72. The first-order valence-corrected chi connectivity index (χ1v) is 8.24. The molecule has 1 aromatic heterocycles. The van der Waals surface area contributed by atoms with Crippen molar-refractivity contribution in [3.8, 4) is 0 Å². The topological polar surface area (TPSA) is 51.0 Å². The van der Waals surface area contributed by atoms with Crippen LogP contribution in [0.15, 0.2) is 28.5 Å². The van der Waals surface area contributed by atoms with Crippen molar-refractivity contribution in [1.82, 2.24) is 19.7 Å². The van der Waals surface area contributed by atoms with Gasteiger partial charge in [-0.25, -0.2) is 9.78 Å². The minimum absolute atomic E-state index is 0.137. The molecule has 2 aromatic rings. The van der Waals surface area contributed by atoms with E-state index in [1.807, 2.05) is 13.8 Å². The molecule has 0 radical (unpaired) electrons. The predicted molar refractivity (Wildman–Crippen MR) is 88.5 cm³/mol. The van der Waals surface area contributed by atoms with E-state index in [1.165, 1.54) is 39.5 Å². The quantitative estimate of drug-likeness (QED) is 0.863. The molecule has 0 saturated heterocycles. The second-order valence-electron chi connectivity index (χ2n) is 5.26. The normalized spacial score (nSPS) is 10.8. The van der Waals surface area contributed by atoms with Crippen molar-refractivity contribution < 1.29 is 4.79 Å². The summed E-state index contributed by atoms with van der Waals surface area (Å²) in [7, 11) is 0. The Morgan fingerprint density at radius 1 is 1.18 bits per heavy atom. The molecule has 1 aromatic carbocycles. The summed E-state index contributed by atoms with van der Waals surface area (Å²) in [5, 5.41) is 4.90. The van der Waals surface area contributed by atoms with E-state index >= 15 is 0 Å². The molecule has 22 heavy (non-hydrogen) atoms. The largest absolute Gasteiger partial charge is 0.346 e. The maximum Gasteiger partial charge on any atom is 0.346 e. The lowest BCUT2D eigenvalue weighted by atomic mass is 10.1. The lowest BCUT2D eigenvalue weighted by molar-refractivity contribution is 0.201. The summed E-state index contributed by atoms with van der Waals surface area (Å²) in [5.74, 6) is 0. The molecule has 0 atom stereocenters. The first-order valence-electron chi connectivity index (χ1n) is 7.42. The summed E-state index contributed by atoms with van der Waals surface area (Å²) in [4.78, 5) is 19.3. The molecule has 0 N–H and O–H groups in total. The van der Waals surface area contributed by atoms with Crippen molar-refractivity contribution in [1.29, 1.82) is 0 Å². The Hall–Kier alpha value is -1.82. The fourth-order valence-corrected chi connectivity index (χ4v) is 3.30. The second kappa shape index (κ2) is 6.96. The minimum Gasteiger partial charge on any atom is -0.323 e. The van der Waals surface area contributed by atoms with Crippen molar-refractivity contribution in [2.45, 2.75) is 44.7 Å². The highest BCUT2D eigenvalue weighted by molar-refractivity contribution is 7.99. The summed E-state index contributed by atoms with van der Waals surface area (Å²) in [6.07, 6.45) is 1.49. The standard InChI is InChI=1S/C16H22N4OS/c1-6-19(7-2)16(21)20-10-17-15(18-20)22-14-12(4)8-11(3)9-13(14)5/h8-10H,6-7H2,1-5H3. The number of benzene rings is 1. The van der Waals surface area contributed by atoms with E-state index in [-0.39, 0.29) is 6.03 Å². The highest BCUT2D eigenvalue weighted by Crippen LogP contribution is 2.31. The average Bonchev–Trinajstić information content (AvgIpc) is 2.92. The number of carbonyl (C=O) groups is 1. The molecule has 2 rings (SSSR count). The minimum atomic E-state index is -0.137. The molecule has 0 fully saturated rings. The lowest BCUT2D eigenvalue weighted by Crippen LogP contribution is -2.34. The van der Waals surface area contributed by atoms with E-state index in [2.05, 4.69) is 43.0 Å². The highest BCUT2D eigenvalue weighted by atomic mass is 32.2. The van der Waals surface area contributed by atoms with Gasteiger partial charge in [-0.3, -0.25) is 0 Å². The molecule has 1 amide bonds. The van der Waals surface area contributed by atoms with Crippen molar-refractivity contribution >= 4 is 17.8 Å². The Labute approximate surface area is 135 Å². The molecule has 118 valence electrons. The smallest absolute Gasteiger partial charge is 0.323 e. The van der Waals surface area contributed by atoms with E-state index in [1.54, 1.807) is 4.90 Å². The predicted octanol–water partition coefficient (Wildman–Crippen LogP) is 3.66. The Morgan fingerprint density at radius 3 is 2.32 bits per heavy atom. The van der Waals surface area contributed by atoms with Crippen LogP contribution in [0.4, 0.5) is 4.79 Å². The Bertz CT molecular complexity index is 654. The summed E-state index contributed by atoms with van der Waals surface area (Å²) < 4.78 is 1.31. The maximum absolute atomic E-state index is 12.2. The molecule has 5 nitrogen and oxygen atoms in total. The molecule has 0 bridgehead atoms. The summed E-state index contributed by atoms with van der Waals surface area (Å²) in [6.45, 7) is 11.5. The molecular weight excluding hydrogens is 296 g/mol. The highest BCUT2D eigenvalue weighted by Gasteiger charge is 2.15. The number of nitrogens with zero attached hydrogens (tertiary/aromatic N) is 4. The van der Waals surface area contributed by atoms with Gasteiger partial charge >= 0.3 is 6.03 Å². The number of aromatic nitrogens is 3. The van der Waals surface area contributed by atoms with E-state index in [9.17, 15) is 4.79 Å². The van der Waals surface area contributed by atoms with Crippen LogP contribution in [0.25, 0.3) is 0 Å². The van der Waals surface area contributed by atoms with Crippen LogP contribution in [0.5, 0.6) is 0 Å². The van der Waals surface area contributed by atoms with Crippen LogP contribution < -0.4 is 0 Å². The number of hydrogen-bond donors (Lipinski definition) is 0. The van der Waals surface area contributed by atoms with E-state index in [4.69, 9.17) is 0 Å². The molecular formula is C16H22N4OS. The molecule has 1 heterocycles. The molecule has 0 unspecified atom stereocenters. The Balaban J connectivity index is 2.21.